The van der Waals surface area contributed by atoms with Gasteiger partial charge in [0, 0.05) is 26.2 Å². The number of carbonyl (C=O) groups is 1. The van der Waals surface area contributed by atoms with Crippen LogP contribution in [-0.4, -0.2) is 56.3 Å². The van der Waals surface area contributed by atoms with Crippen LogP contribution in [0.4, 0.5) is 0 Å². The second-order valence-corrected chi connectivity index (χ2v) is 11.3. The van der Waals surface area contributed by atoms with Gasteiger partial charge in [0.15, 0.2) is 0 Å². The number of thiophene rings is 1. The topological polar surface area (TPSA) is 69.7 Å². The minimum Gasteiger partial charge on any atom is -0.348 e. The van der Waals surface area contributed by atoms with E-state index in [0.29, 0.717) is 30.5 Å². The zero-order valence-electron chi connectivity index (χ0n) is 16.5. The lowest BCUT2D eigenvalue weighted by Crippen LogP contribution is -2.51. The van der Waals surface area contributed by atoms with Crippen LogP contribution in [0.15, 0.2) is 46.7 Å². The smallest absolute Gasteiger partial charge is 0.252 e. The summed E-state index contributed by atoms with van der Waals surface area (Å²) in [6.07, 6.45) is 0. The Kier molecular flexibility index (Phi) is 7.34. The molecule has 158 valence electrons. The molecule has 29 heavy (non-hydrogen) atoms. The number of amides is 1. The Morgan fingerprint density at radius 1 is 1.10 bits per heavy atom. The monoisotopic (exact) mass is 455 g/mol. The fraction of sp³-hybridized carbons (Fsp3) is 0.450. The molecule has 1 fully saturated rings. The van der Waals surface area contributed by atoms with Crippen LogP contribution in [-0.2, 0) is 14.8 Å². The van der Waals surface area contributed by atoms with E-state index in [1.54, 1.807) is 6.07 Å². The van der Waals surface area contributed by atoms with E-state index < -0.39 is 10.0 Å². The third-order valence-corrected chi connectivity index (χ3v) is 8.58. The minimum atomic E-state index is -3.52. The quantitative estimate of drug-likeness (QED) is 0.695. The number of rotatable bonds is 7. The molecule has 1 aromatic heterocycles. The summed E-state index contributed by atoms with van der Waals surface area (Å²) in [5.41, 5.74) is 1.08. The molecule has 1 unspecified atom stereocenters. The lowest BCUT2D eigenvalue weighted by atomic mass is 9.96. The summed E-state index contributed by atoms with van der Waals surface area (Å²) in [4.78, 5) is 14.6. The summed E-state index contributed by atoms with van der Waals surface area (Å²) in [5.74, 6) is 0.217. The lowest BCUT2D eigenvalue weighted by molar-refractivity contribution is -0.123. The van der Waals surface area contributed by atoms with Gasteiger partial charge in [-0.15, -0.1) is 11.3 Å². The Balaban J connectivity index is 1.54. The number of halogens is 1. The molecule has 2 aromatic rings. The average Bonchev–Trinajstić information content (AvgIpc) is 3.14. The molecule has 1 amide bonds. The molecular formula is C20H26ClN3O3S2. The van der Waals surface area contributed by atoms with Crippen LogP contribution in [0.1, 0.15) is 25.5 Å². The molecule has 3 rings (SSSR count). The van der Waals surface area contributed by atoms with E-state index >= 15 is 0 Å². The highest BCUT2D eigenvalue weighted by Crippen LogP contribution is 2.28. The number of piperazine rings is 1. The van der Waals surface area contributed by atoms with Crippen molar-refractivity contribution in [2.45, 2.75) is 24.1 Å². The molecule has 6 nitrogen and oxygen atoms in total. The van der Waals surface area contributed by atoms with Crippen molar-refractivity contribution < 1.29 is 13.2 Å². The summed E-state index contributed by atoms with van der Waals surface area (Å²) >= 11 is 6.94. The standard InChI is InChI=1S/C20H26ClN3O3S2/c1-15(2)20(16-6-4-3-5-7-16)22-18(25)14-23-10-12-24(13-11-23)29(26,27)19-9-8-17(21)28-19/h3-9,15,20H,10-14H2,1-2H3,(H,22,25). The van der Waals surface area contributed by atoms with Gasteiger partial charge in [-0.05, 0) is 23.6 Å². The van der Waals surface area contributed by atoms with E-state index in [1.807, 2.05) is 35.2 Å². The highest BCUT2D eigenvalue weighted by molar-refractivity contribution is 7.91. The predicted molar refractivity (Wildman–Crippen MR) is 117 cm³/mol. The fourth-order valence-electron chi connectivity index (χ4n) is 3.41. The molecular weight excluding hydrogens is 430 g/mol. The number of hydrogen-bond donors (Lipinski definition) is 1. The van der Waals surface area contributed by atoms with Gasteiger partial charge in [-0.25, -0.2) is 8.42 Å². The molecule has 0 saturated carbocycles. The van der Waals surface area contributed by atoms with E-state index in [9.17, 15) is 13.2 Å². The summed E-state index contributed by atoms with van der Waals surface area (Å²) in [5, 5.41) is 3.12. The molecule has 1 aliphatic rings. The molecule has 1 aromatic carbocycles. The van der Waals surface area contributed by atoms with Gasteiger partial charge in [-0.2, -0.15) is 4.31 Å². The first-order chi connectivity index (χ1) is 13.8. The zero-order chi connectivity index (χ0) is 21.0. The van der Waals surface area contributed by atoms with Gasteiger partial charge in [-0.3, -0.25) is 9.69 Å². The Hall–Kier alpha value is -1.45. The minimum absolute atomic E-state index is 0.0473. The van der Waals surface area contributed by atoms with Crippen LogP contribution < -0.4 is 5.32 Å². The first-order valence-corrected chi connectivity index (χ1v) is 12.2. The molecule has 0 spiro atoms. The third kappa shape index (κ3) is 5.58. The van der Waals surface area contributed by atoms with Crippen LogP contribution in [0.2, 0.25) is 4.34 Å². The van der Waals surface area contributed by atoms with Crippen molar-refractivity contribution in [3.05, 3.63) is 52.4 Å². The SMILES string of the molecule is CC(C)C(NC(=O)CN1CCN(S(=O)(=O)c2ccc(Cl)s2)CC1)c1ccccc1. The van der Waals surface area contributed by atoms with Gasteiger partial charge in [0.2, 0.25) is 5.91 Å². The van der Waals surface area contributed by atoms with Gasteiger partial charge in [-0.1, -0.05) is 55.8 Å². The van der Waals surface area contributed by atoms with Crippen LogP contribution in [0, 0.1) is 5.92 Å². The Morgan fingerprint density at radius 2 is 1.76 bits per heavy atom. The Bertz CT molecular complexity index is 923. The summed E-state index contributed by atoms with van der Waals surface area (Å²) in [7, 11) is -3.52. The highest BCUT2D eigenvalue weighted by Gasteiger charge is 2.30. The lowest BCUT2D eigenvalue weighted by Gasteiger charge is -2.33. The molecule has 2 heterocycles. The van der Waals surface area contributed by atoms with Gasteiger partial charge in [0.1, 0.15) is 4.21 Å². The van der Waals surface area contributed by atoms with Crippen molar-refractivity contribution in [2.24, 2.45) is 5.92 Å². The van der Waals surface area contributed by atoms with E-state index in [-0.39, 0.29) is 28.6 Å². The van der Waals surface area contributed by atoms with Gasteiger partial charge in [0.05, 0.1) is 16.9 Å². The molecule has 0 bridgehead atoms. The van der Waals surface area contributed by atoms with E-state index in [0.717, 1.165) is 16.9 Å². The highest BCUT2D eigenvalue weighted by atomic mass is 35.5. The molecule has 1 saturated heterocycles. The van der Waals surface area contributed by atoms with E-state index in [1.165, 1.54) is 10.4 Å². The van der Waals surface area contributed by atoms with Crippen molar-refractivity contribution in [2.75, 3.05) is 32.7 Å². The van der Waals surface area contributed by atoms with Gasteiger partial charge >= 0.3 is 0 Å². The molecule has 0 radical (unpaired) electrons. The number of nitrogens with zero attached hydrogens (tertiary/aromatic N) is 2. The summed E-state index contributed by atoms with van der Waals surface area (Å²) in [6, 6.07) is 13.0. The first kappa shape index (κ1) is 22.2. The van der Waals surface area contributed by atoms with E-state index in [4.69, 9.17) is 11.6 Å². The van der Waals surface area contributed by atoms with Gasteiger partial charge in [0.25, 0.3) is 10.0 Å². The second-order valence-electron chi connectivity index (χ2n) is 7.44. The molecule has 1 aliphatic heterocycles. The number of hydrogen-bond acceptors (Lipinski definition) is 5. The Labute approximate surface area is 181 Å². The van der Waals surface area contributed by atoms with Gasteiger partial charge < -0.3 is 5.32 Å². The van der Waals surface area contributed by atoms with Crippen molar-refractivity contribution >= 4 is 38.9 Å². The largest absolute Gasteiger partial charge is 0.348 e. The zero-order valence-corrected chi connectivity index (χ0v) is 18.9. The predicted octanol–water partition coefficient (Wildman–Crippen LogP) is 3.22. The first-order valence-electron chi connectivity index (χ1n) is 9.59. The summed E-state index contributed by atoms with van der Waals surface area (Å²) < 4.78 is 27.6. The maximum atomic E-state index is 12.7. The van der Waals surface area contributed by atoms with E-state index in [2.05, 4.69) is 19.2 Å². The Morgan fingerprint density at radius 3 is 2.31 bits per heavy atom. The molecule has 0 aliphatic carbocycles. The molecule has 1 N–H and O–H groups in total. The van der Waals surface area contributed by atoms with Crippen LogP contribution in [0.25, 0.3) is 0 Å². The summed E-state index contributed by atoms with van der Waals surface area (Å²) in [6.45, 7) is 6.17. The average molecular weight is 456 g/mol. The second kappa shape index (κ2) is 9.57. The molecule has 1 atom stereocenters. The van der Waals surface area contributed by atoms with Crippen molar-refractivity contribution in [3.63, 3.8) is 0 Å². The maximum absolute atomic E-state index is 12.7. The van der Waals surface area contributed by atoms with Crippen LogP contribution >= 0.6 is 22.9 Å². The van der Waals surface area contributed by atoms with Crippen LogP contribution in [0.3, 0.4) is 0 Å². The number of sulfonamides is 1. The number of carbonyl (C=O) groups excluding carboxylic acids is 1. The molecule has 9 heteroatoms. The van der Waals surface area contributed by atoms with Crippen molar-refractivity contribution in [3.8, 4) is 0 Å². The third-order valence-electron chi connectivity index (χ3n) is 4.98. The number of benzene rings is 1. The normalized spacial score (nSPS) is 17.4. The maximum Gasteiger partial charge on any atom is 0.252 e. The fourth-order valence-corrected chi connectivity index (χ4v) is 6.47. The van der Waals surface area contributed by atoms with Crippen molar-refractivity contribution in [1.82, 2.24) is 14.5 Å². The van der Waals surface area contributed by atoms with Crippen molar-refractivity contribution in [1.29, 1.82) is 0 Å². The van der Waals surface area contributed by atoms with Crippen LogP contribution in [0.5, 0.6) is 0 Å². The number of nitrogens with one attached hydrogen (secondary N) is 1.